The van der Waals surface area contributed by atoms with E-state index in [1.807, 2.05) is 66.6 Å². The van der Waals surface area contributed by atoms with Gasteiger partial charge in [-0.25, -0.2) is 4.98 Å². The fraction of sp³-hybridized carbons (Fsp3) is 0.269. The second kappa shape index (κ2) is 7.39. The van der Waals surface area contributed by atoms with Crippen molar-refractivity contribution in [3.05, 3.63) is 70.2 Å². The van der Waals surface area contributed by atoms with Crippen LogP contribution < -0.4 is 5.56 Å². The van der Waals surface area contributed by atoms with E-state index in [0.717, 1.165) is 41.9 Å². The summed E-state index contributed by atoms with van der Waals surface area (Å²) in [6.07, 6.45) is 5.89. The molecule has 0 aliphatic heterocycles. The maximum atomic E-state index is 14.0. The van der Waals surface area contributed by atoms with Crippen molar-refractivity contribution in [3.63, 3.8) is 0 Å². The number of fused-ring (bicyclic) bond motifs is 2. The third-order valence-electron chi connectivity index (χ3n) is 6.70. The lowest BCUT2D eigenvalue weighted by molar-refractivity contribution is 0.646. The molecule has 1 aliphatic carbocycles. The van der Waals surface area contributed by atoms with Crippen LogP contribution in [-0.4, -0.2) is 28.9 Å². The van der Waals surface area contributed by atoms with Gasteiger partial charge in [-0.05, 0) is 56.9 Å². The van der Waals surface area contributed by atoms with Crippen LogP contribution in [0.3, 0.4) is 0 Å². The van der Waals surface area contributed by atoms with Crippen LogP contribution in [-0.2, 0) is 13.6 Å². The van der Waals surface area contributed by atoms with Gasteiger partial charge in [-0.3, -0.25) is 9.78 Å². The van der Waals surface area contributed by atoms with Crippen LogP contribution in [0.5, 0.6) is 0 Å². The first-order chi connectivity index (χ1) is 16.4. The van der Waals surface area contributed by atoms with E-state index in [0.29, 0.717) is 39.3 Å². The molecule has 6 rings (SSSR count). The zero-order chi connectivity index (χ0) is 23.6. The molecular weight excluding hydrogens is 426 g/mol. The van der Waals surface area contributed by atoms with Gasteiger partial charge in [-0.15, -0.1) is 0 Å². The largest absolute Gasteiger partial charge is 0.344 e. The minimum absolute atomic E-state index is 0.240. The average molecular weight is 450 g/mol. The van der Waals surface area contributed by atoms with Gasteiger partial charge < -0.3 is 9.13 Å². The molecule has 8 heteroatoms. The first-order valence-electron chi connectivity index (χ1n) is 11.4. The number of pyridine rings is 1. The summed E-state index contributed by atoms with van der Waals surface area (Å²) in [5.41, 5.74) is 5.95. The van der Waals surface area contributed by atoms with Crippen LogP contribution in [0.1, 0.15) is 29.9 Å². The molecule has 4 heterocycles. The number of nitrogens with zero attached hydrogens (tertiary/aromatic N) is 7. The highest BCUT2D eigenvalue weighted by molar-refractivity contribution is 5.95. The topological polar surface area (TPSA) is 94.3 Å². The summed E-state index contributed by atoms with van der Waals surface area (Å²) in [7, 11) is 1.95. The Kier molecular flexibility index (Phi) is 4.42. The highest BCUT2D eigenvalue weighted by Gasteiger charge is 2.26. The smallest absolute Gasteiger partial charge is 0.281 e. The van der Waals surface area contributed by atoms with Crippen molar-refractivity contribution in [2.75, 3.05) is 0 Å². The number of hydrogen-bond donors (Lipinski definition) is 0. The van der Waals surface area contributed by atoms with E-state index in [2.05, 4.69) is 16.0 Å². The molecule has 1 saturated carbocycles. The van der Waals surface area contributed by atoms with E-state index in [9.17, 15) is 10.1 Å². The number of benzene rings is 1. The van der Waals surface area contributed by atoms with Gasteiger partial charge >= 0.3 is 0 Å². The lowest BCUT2D eigenvalue weighted by atomic mass is 10.1. The molecule has 5 aromatic rings. The fourth-order valence-corrected chi connectivity index (χ4v) is 4.55. The molecule has 8 nitrogen and oxygen atoms in total. The molecule has 1 fully saturated rings. The third kappa shape index (κ3) is 3.12. The van der Waals surface area contributed by atoms with E-state index < -0.39 is 0 Å². The molecule has 168 valence electrons. The van der Waals surface area contributed by atoms with Gasteiger partial charge in [0.15, 0.2) is 0 Å². The van der Waals surface area contributed by atoms with Gasteiger partial charge in [0.05, 0.1) is 33.4 Å². The minimum atomic E-state index is -0.240. The maximum Gasteiger partial charge on any atom is 0.281 e. The molecule has 0 unspecified atom stereocenters. The summed E-state index contributed by atoms with van der Waals surface area (Å²) in [4.78, 5) is 23.0. The van der Waals surface area contributed by atoms with Crippen LogP contribution >= 0.6 is 0 Å². The van der Waals surface area contributed by atoms with Gasteiger partial charge in [-0.1, -0.05) is 6.07 Å². The highest BCUT2D eigenvalue weighted by Crippen LogP contribution is 2.35. The molecule has 34 heavy (non-hydrogen) atoms. The second-order valence-corrected chi connectivity index (χ2v) is 9.12. The molecule has 1 aliphatic rings. The lowest BCUT2D eigenvalue weighted by Crippen LogP contribution is -2.24. The molecule has 0 bridgehead atoms. The number of aromatic nitrogens is 6. The van der Waals surface area contributed by atoms with Crippen molar-refractivity contribution in [1.82, 2.24) is 28.9 Å². The second-order valence-electron chi connectivity index (χ2n) is 9.12. The highest BCUT2D eigenvalue weighted by atomic mass is 16.1. The fourth-order valence-electron chi connectivity index (χ4n) is 4.55. The minimum Gasteiger partial charge on any atom is -0.344 e. The van der Waals surface area contributed by atoms with Crippen LogP contribution in [0, 0.1) is 31.1 Å². The summed E-state index contributed by atoms with van der Waals surface area (Å²) < 4.78 is 5.43. The quantitative estimate of drug-likeness (QED) is 0.413. The SMILES string of the molecule is Cc1ccc(-c2c(=O)n(-c3ccc4nc(C)n(C)c4c3)nc3c(C#N)cn(CC4CC4)c23)cn1. The number of imidazole rings is 1. The Morgan fingerprint density at radius 3 is 2.71 bits per heavy atom. The summed E-state index contributed by atoms with van der Waals surface area (Å²) in [5.74, 6) is 1.46. The molecule has 0 atom stereocenters. The van der Waals surface area contributed by atoms with E-state index in [1.165, 1.54) is 4.68 Å². The number of hydrogen-bond acceptors (Lipinski definition) is 5. The van der Waals surface area contributed by atoms with Crippen molar-refractivity contribution in [1.29, 1.82) is 5.26 Å². The summed E-state index contributed by atoms with van der Waals surface area (Å²) in [6.45, 7) is 4.63. The monoisotopic (exact) mass is 449 g/mol. The maximum absolute atomic E-state index is 14.0. The van der Waals surface area contributed by atoms with Crippen LogP contribution in [0.4, 0.5) is 0 Å². The van der Waals surface area contributed by atoms with Crippen molar-refractivity contribution in [3.8, 4) is 22.9 Å². The van der Waals surface area contributed by atoms with Crippen LogP contribution in [0.15, 0.2) is 47.5 Å². The Morgan fingerprint density at radius 1 is 1.18 bits per heavy atom. The molecule has 1 aromatic carbocycles. The van der Waals surface area contributed by atoms with E-state index >= 15 is 0 Å². The first-order valence-corrected chi connectivity index (χ1v) is 11.4. The number of rotatable bonds is 4. The Balaban J connectivity index is 1.69. The predicted molar refractivity (Wildman–Crippen MR) is 130 cm³/mol. The lowest BCUT2D eigenvalue weighted by Gasteiger charge is -2.12. The normalized spacial score (nSPS) is 13.6. The zero-order valence-electron chi connectivity index (χ0n) is 19.3. The molecule has 0 radical (unpaired) electrons. The third-order valence-corrected chi connectivity index (χ3v) is 6.70. The van der Waals surface area contributed by atoms with E-state index in [1.54, 1.807) is 6.20 Å². The molecule has 0 saturated heterocycles. The Labute approximate surface area is 195 Å². The first kappa shape index (κ1) is 20.4. The molecule has 0 amide bonds. The Hall–Kier alpha value is -4.25. The van der Waals surface area contributed by atoms with Crippen molar-refractivity contribution < 1.29 is 0 Å². The van der Waals surface area contributed by atoms with Crippen LogP contribution in [0.2, 0.25) is 0 Å². The zero-order valence-corrected chi connectivity index (χ0v) is 19.3. The summed E-state index contributed by atoms with van der Waals surface area (Å²) in [5, 5.41) is 14.6. The molecule has 0 N–H and O–H groups in total. The van der Waals surface area contributed by atoms with Gasteiger partial charge in [0, 0.05) is 37.2 Å². The average Bonchev–Trinajstić information content (AvgIpc) is 3.53. The molecular formula is C26H23N7O. The van der Waals surface area contributed by atoms with Crippen LogP contribution in [0.25, 0.3) is 38.9 Å². The van der Waals surface area contributed by atoms with E-state index in [-0.39, 0.29) is 5.56 Å². The Bertz CT molecular complexity index is 1690. The van der Waals surface area contributed by atoms with E-state index in [4.69, 9.17) is 5.10 Å². The number of aryl methyl sites for hydroxylation is 3. The molecule has 4 aromatic heterocycles. The van der Waals surface area contributed by atoms with Gasteiger partial charge in [0.2, 0.25) is 0 Å². The number of nitriles is 1. The van der Waals surface area contributed by atoms with Crippen molar-refractivity contribution in [2.45, 2.75) is 33.2 Å². The predicted octanol–water partition coefficient (Wildman–Crippen LogP) is 4.03. The summed E-state index contributed by atoms with van der Waals surface area (Å²) >= 11 is 0. The van der Waals surface area contributed by atoms with Crippen molar-refractivity contribution in [2.24, 2.45) is 13.0 Å². The van der Waals surface area contributed by atoms with Gasteiger partial charge in [-0.2, -0.15) is 15.0 Å². The van der Waals surface area contributed by atoms with Crippen molar-refractivity contribution >= 4 is 22.1 Å². The van der Waals surface area contributed by atoms with Gasteiger partial charge in [0.25, 0.3) is 5.56 Å². The standard InChI is InChI=1S/C26H23N7O/c1-15-4-7-18(12-28-15)23-25-24(19(11-27)14-32(25)13-17-5-6-17)30-33(26(23)34)20-8-9-21-22(10-20)31(3)16(2)29-21/h4,7-10,12,14,17H,5-6,13H2,1-3H3. The summed E-state index contributed by atoms with van der Waals surface area (Å²) in [6, 6.07) is 11.8. The molecule has 0 spiro atoms. The Morgan fingerprint density at radius 2 is 2.00 bits per heavy atom. The van der Waals surface area contributed by atoms with Gasteiger partial charge in [0.1, 0.15) is 17.4 Å².